The summed E-state index contributed by atoms with van der Waals surface area (Å²) in [5, 5.41) is 12.3. The third-order valence-electron chi connectivity index (χ3n) is 5.76. The van der Waals surface area contributed by atoms with Gasteiger partial charge >= 0.3 is 0 Å². The van der Waals surface area contributed by atoms with Crippen LogP contribution in [0.4, 0.5) is 0 Å². The van der Waals surface area contributed by atoms with Crippen LogP contribution in [0, 0.1) is 0 Å². The van der Waals surface area contributed by atoms with Gasteiger partial charge in [-0.3, -0.25) is 0 Å². The van der Waals surface area contributed by atoms with Crippen LogP contribution in [0.25, 0.3) is 5.57 Å². The molecule has 1 aliphatic rings. The normalized spacial score (nSPS) is 16.0. The van der Waals surface area contributed by atoms with Crippen LogP contribution in [0.2, 0.25) is 0 Å². The van der Waals surface area contributed by atoms with E-state index < -0.39 is 0 Å². The second-order valence-electron chi connectivity index (χ2n) is 7.73. The maximum atomic E-state index is 10.3. The first-order chi connectivity index (χ1) is 14.3. The molecule has 0 aliphatic carbocycles. The summed E-state index contributed by atoms with van der Waals surface area (Å²) in [5.41, 5.74) is 5.62. The van der Waals surface area contributed by atoms with Gasteiger partial charge in [-0.2, -0.15) is 0 Å². The van der Waals surface area contributed by atoms with E-state index in [1.165, 1.54) is 16.7 Å². The molecule has 0 radical (unpaired) electrons. The predicted molar refractivity (Wildman–Crippen MR) is 123 cm³/mol. The summed E-state index contributed by atoms with van der Waals surface area (Å²) >= 11 is 1.65. The van der Waals surface area contributed by atoms with Crippen LogP contribution in [-0.2, 0) is 0 Å². The topological polar surface area (TPSA) is 23.5 Å². The maximum absolute atomic E-state index is 10.3. The van der Waals surface area contributed by atoms with Crippen LogP contribution >= 0.6 is 11.3 Å². The smallest absolute Gasteiger partial charge is 0.0882 e. The maximum Gasteiger partial charge on any atom is 0.0882 e. The summed E-state index contributed by atoms with van der Waals surface area (Å²) in [6, 6.07) is 25.7. The number of piperidine rings is 1. The highest BCUT2D eigenvalue weighted by atomic mass is 32.1. The van der Waals surface area contributed by atoms with Gasteiger partial charge in [0.2, 0.25) is 0 Å². The van der Waals surface area contributed by atoms with Gasteiger partial charge < -0.3 is 10.0 Å². The molecule has 1 aliphatic heterocycles. The Labute approximate surface area is 178 Å². The van der Waals surface area contributed by atoms with Gasteiger partial charge in [0, 0.05) is 18.0 Å². The van der Waals surface area contributed by atoms with Crippen molar-refractivity contribution in [2.24, 2.45) is 0 Å². The standard InChI is InChI=1S/C26H29NOS/c28-24(25-14-8-20-29-25)13-7-17-27-18-15-23(16-19-27)26(21-9-3-1-4-10-21)22-11-5-2-6-12-22/h1-6,8-12,14,20,24,28H,7,13,15-19H2. The Morgan fingerprint density at radius 3 is 2.03 bits per heavy atom. The molecule has 2 nitrogen and oxygen atoms in total. The molecule has 3 aromatic rings. The molecule has 1 atom stereocenters. The molecule has 2 heterocycles. The lowest BCUT2D eigenvalue weighted by Gasteiger charge is -2.30. The molecule has 1 unspecified atom stereocenters. The molecule has 3 heteroatoms. The van der Waals surface area contributed by atoms with Crippen molar-refractivity contribution in [1.82, 2.24) is 4.90 Å². The first kappa shape index (κ1) is 20.1. The quantitative estimate of drug-likeness (QED) is 0.511. The molecule has 0 amide bonds. The lowest BCUT2D eigenvalue weighted by atomic mass is 9.88. The molecule has 1 fully saturated rings. The molecule has 4 rings (SSSR count). The summed E-state index contributed by atoms with van der Waals surface area (Å²) in [6.07, 6.45) is 3.82. The average Bonchev–Trinajstić information content (AvgIpc) is 3.32. The molecule has 0 spiro atoms. The predicted octanol–water partition coefficient (Wildman–Crippen LogP) is 6.16. The highest BCUT2D eigenvalue weighted by Crippen LogP contribution is 2.32. The van der Waals surface area contributed by atoms with Crippen molar-refractivity contribution in [1.29, 1.82) is 0 Å². The SMILES string of the molecule is OC(CCCN1CCC(=C(c2ccccc2)c2ccccc2)CC1)c1cccs1. The zero-order valence-electron chi connectivity index (χ0n) is 16.8. The van der Waals surface area contributed by atoms with Crippen molar-refractivity contribution >= 4 is 16.9 Å². The number of aliphatic hydroxyl groups is 1. The second kappa shape index (κ2) is 10.0. The third-order valence-corrected chi connectivity index (χ3v) is 6.74. The van der Waals surface area contributed by atoms with Gasteiger partial charge in [0.25, 0.3) is 0 Å². The molecule has 29 heavy (non-hydrogen) atoms. The van der Waals surface area contributed by atoms with E-state index in [-0.39, 0.29) is 6.10 Å². The Morgan fingerprint density at radius 2 is 1.48 bits per heavy atom. The molecule has 0 bridgehead atoms. The van der Waals surface area contributed by atoms with Crippen LogP contribution < -0.4 is 0 Å². The van der Waals surface area contributed by atoms with Gasteiger partial charge in [-0.1, -0.05) is 72.3 Å². The van der Waals surface area contributed by atoms with E-state index in [4.69, 9.17) is 0 Å². The van der Waals surface area contributed by atoms with Gasteiger partial charge in [0.15, 0.2) is 0 Å². The van der Waals surface area contributed by atoms with Crippen LogP contribution in [0.5, 0.6) is 0 Å². The fourth-order valence-corrected chi connectivity index (χ4v) is 4.96. The number of hydrogen-bond acceptors (Lipinski definition) is 3. The first-order valence-electron chi connectivity index (χ1n) is 10.6. The molecular formula is C26H29NOS. The van der Waals surface area contributed by atoms with E-state index in [0.717, 1.165) is 50.2 Å². The summed E-state index contributed by atoms with van der Waals surface area (Å²) in [6.45, 7) is 3.28. The van der Waals surface area contributed by atoms with Crippen LogP contribution in [-0.4, -0.2) is 29.6 Å². The van der Waals surface area contributed by atoms with Crippen LogP contribution in [0.1, 0.15) is 47.8 Å². The van der Waals surface area contributed by atoms with E-state index in [1.807, 2.05) is 17.5 Å². The van der Waals surface area contributed by atoms with Crippen molar-refractivity contribution < 1.29 is 5.11 Å². The zero-order chi connectivity index (χ0) is 19.9. The number of likely N-dealkylation sites (tertiary alicyclic amines) is 1. The van der Waals surface area contributed by atoms with Gasteiger partial charge in [0.1, 0.15) is 0 Å². The van der Waals surface area contributed by atoms with Gasteiger partial charge in [-0.15, -0.1) is 11.3 Å². The van der Waals surface area contributed by atoms with Crippen molar-refractivity contribution in [3.05, 3.63) is 99.8 Å². The van der Waals surface area contributed by atoms with Crippen molar-refractivity contribution in [3.63, 3.8) is 0 Å². The minimum atomic E-state index is -0.307. The van der Waals surface area contributed by atoms with E-state index in [2.05, 4.69) is 65.6 Å². The summed E-state index contributed by atoms with van der Waals surface area (Å²) in [4.78, 5) is 3.64. The second-order valence-corrected chi connectivity index (χ2v) is 8.70. The van der Waals surface area contributed by atoms with Crippen molar-refractivity contribution in [2.45, 2.75) is 31.8 Å². The lowest BCUT2D eigenvalue weighted by Crippen LogP contribution is -2.32. The van der Waals surface area contributed by atoms with Crippen molar-refractivity contribution in [3.8, 4) is 0 Å². The average molecular weight is 404 g/mol. The number of thiophene rings is 1. The highest BCUT2D eigenvalue weighted by Gasteiger charge is 2.19. The summed E-state index contributed by atoms with van der Waals surface area (Å²) < 4.78 is 0. The fourth-order valence-electron chi connectivity index (χ4n) is 4.21. The van der Waals surface area contributed by atoms with E-state index in [9.17, 15) is 5.11 Å². The largest absolute Gasteiger partial charge is 0.388 e. The fraction of sp³-hybridized carbons (Fsp3) is 0.308. The number of nitrogens with zero attached hydrogens (tertiary/aromatic N) is 1. The summed E-state index contributed by atoms with van der Waals surface area (Å²) in [5.74, 6) is 0. The minimum absolute atomic E-state index is 0.307. The summed E-state index contributed by atoms with van der Waals surface area (Å²) in [7, 11) is 0. The molecule has 1 N–H and O–H groups in total. The Hall–Kier alpha value is -2.20. The minimum Gasteiger partial charge on any atom is -0.388 e. The molecule has 1 aromatic heterocycles. The molecule has 150 valence electrons. The van der Waals surface area contributed by atoms with Gasteiger partial charge in [-0.05, 0) is 60.4 Å². The molecular weight excluding hydrogens is 374 g/mol. The number of aliphatic hydroxyl groups excluding tert-OH is 1. The molecule has 1 saturated heterocycles. The Balaban J connectivity index is 1.39. The molecule has 0 saturated carbocycles. The van der Waals surface area contributed by atoms with Crippen LogP contribution in [0.15, 0.2) is 83.7 Å². The van der Waals surface area contributed by atoms with E-state index >= 15 is 0 Å². The Kier molecular flexibility index (Phi) is 6.94. The monoisotopic (exact) mass is 403 g/mol. The number of hydrogen-bond donors (Lipinski definition) is 1. The van der Waals surface area contributed by atoms with Crippen molar-refractivity contribution in [2.75, 3.05) is 19.6 Å². The van der Waals surface area contributed by atoms with E-state index in [0.29, 0.717) is 0 Å². The zero-order valence-corrected chi connectivity index (χ0v) is 17.7. The third kappa shape index (κ3) is 5.24. The first-order valence-corrected chi connectivity index (χ1v) is 11.5. The molecule has 2 aromatic carbocycles. The Morgan fingerprint density at radius 1 is 0.862 bits per heavy atom. The van der Waals surface area contributed by atoms with E-state index in [1.54, 1.807) is 16.9 Å². The Bertz CT molecular complexity index is 851. The van der Waals surface area contributed by atoms with Gasteiger partial charge in [-0.25, -0.2) is 0 Å². The highest BCUT2D eigenvalue weighted by molar-refractivity contribution is 7.10. The van der Waals surface area contributed by atoms with Crippen LogP contribution in [0.3, 0.4) is 0 Å². The number of benzene rings is 2. The van der Waals surface area contributed by atoms with Gasteiger partial charge in [0.05, 0.1) is 6.10 Å². The number of rotatable bonds is 7. The lowest BCUT2D eigenvalue weighted by molar-refractivity contribution is 0.157.